The molecule has 0 spiro atoms. The van der Waals surface area contributed by atoms with E-state index in [1.165, 1.54) is 0 Å². The normalized spacial score (nSPS) is 16.3. The molecule has 0 saturated carbocycles. The number of amides is 3. The van der Waals surface area contributed by atoms with Crippen LogP contribution >= 0.6 is 23.2 Å². The molecule has 1 aliphatic rings. The Morgan fingerprint density at radius 3 is 2.59 bits per heavy atom. The van der Waals surface area contributed by atoms with Crippen LogP contribution in [0, 0.1) is 0 Å². The van der Waals surface area contributed by atoms with Gasteiger partial charge in [-0.25, -0.2) is 4.79 Å². The number of carbonyl (C=O) groups is 2. The lowest BCUT2D eigenvalue weighted by Gasteiger charge is -2.18. The number of hydrogen-bond acceptors (Lipinski definition) is 3. The maximum atomic E-state index is 12.3. The Balaban J connectivity index is 1.58. The first kappa shape index (κ1) is 19.3. The fourth-order valence-corrected chi connectivity index (χ4v) is 3.17. The van der Waals surface area contributed by atoms with Crippen LogP contribution in [0.2, 0.25) is 10.0 Å². The average Bonchev–Trinajstić information content (AvgIpc) is 2.99. The van der Waals surface area contributed by atoms with Gasteiger partial charge in [0.05, 0.1) is 22.7 Å². The number of carbonyl (C=O) groups excluding carboxylic acids is 2. The lowest BCUT2D eigenvalue weighted by molar-refractivity contribution is -0.117. The van der Waals surface area contributed by atoms with Crippen LogP contribution in [0.15, 0.2) is 42.5 Å². The molecule has 8 heteroatoms. The van der Waals surface area contributed by atoms with Crippen molar-refractivity contribution in [1.82, 2.24) is 5.32 Å². The van der Waals surface area contributed by atoms with Crippen molar-refractivity contribution in [2.75, 3.05) is 23.4 Å². The lowest BCUT2D eigenvalue weighted by atomic mass is 10.2. The smallest absolute Gasteiger partial charge is 0.319 e. The number of anilines is 2. The van der Waals surface area contributed by atoms with Gasteiger partial charge in [-0.15, -0.1) is 0 Å². The number of rotatable bonds is 5. The SMILES string of the molecule is CCOc1ccc(N2C[C@@H](NC(=O)Nc3ccc(Cl)c(Cl)c3)CC2=O)cc1. The minimum Gasteiger partial charge on any atom is -0.494 e. The van der Waals surface area contributed by atoms with Crippen LogP contribution in [0.4, 0.5) is 16.2 Å². The summed E-state index contributed by atoms with van der Waals surface area (Å²) in [7, 11) is 0. The molecule has 2 aromatic carbocycles. The molecule has 1 saturated heterocycles. The van der Waals surface area contributed by atoms with Gasteiger partial charge in [0.25, 0.3) is 0 Å². The van der Waals surface area contributed by atoms with E-state index in [0.717, 1.165) is 11.4 Å². The molecule has 0 aliphatic carbocycles. The van der Waals surface area contributed by atoms with E-state index in [9.17, 15) is 9.59 Å². The summed E-state index contributed by atoms with van der Waals surface area (Å²) in [5.74, 6) is 0.711. The van der Waals surface area contributed by atoms with Crippen molar-refractivity contribution < 1.29 is 14.3 Å². The van der Waals surface area contributed by atoms with Gasteiger partial charge < -0.3 is 20.3 Å². The summed E-state index contributed by atoms with van der Waals surface area (Å²) in [6, 6.07) is 11.4. The van der Waals surface area contributed by atoms with Crippen LogP contribution in [0.3, 0.4) is 0 Å². The van der Waals surface area contributed by atoms with Crippen LogP contribution < -0.4 is 20.3 Å². The van der Waals surface area contributed by atoms with Crippen molar-refractivity contribution in [3.8, 4) is 5.75 Å². The molecule has 0 aromatic heterocycles. The fourth-order valence-electron chi connectivity index (χ4n) is 2.87. The summed E-state index contributed by atoms with van der Waals surface area (Å²) >= 11 is 11.8. The highest BCUT2D eigenvalue weighted by atomic mass is 35.5. The molecule has 1 aliphatic heterocycles. The first-order chi connectivity index (χ1) is 13.0. The molecule has 0 unspecified atom stereocenters. The van der Waals surface area contributed by atoms with Crippen LogP contribution in [-0.4, -0.2) is 31.1 Å². The third-order valence-electron chi connectivity index (χ3n) is 4.10. The number of benzene rings is 2. The predicted octanol–water partition coefficient (Wildman–Crippen LogP) is 4.32. The summed E-state index contributed by atoms with van der Waals surface area (Å²) in [5.41, 5.74) is 1.30. The third-order valence-corrected chi connectivity index (χ3v) is 4.84. The quantitative estimate of drug-likeness (QED) is 0.774. The molecule has 1 atom stereocenters. The van der Waals surface area contributed by atoms with Crippen molar-refractivity contribution in [3.05, 3.63) is 52.5 Å². The minimum atomic E-state index is -0.403. The Kier molecular flexibility index (Phi) is 6.08. The van der Waals surface area contributed by atoms with Gasteiger partial charge in [-0.3, -0.25) is 4.79 Å². The molecule has 1 fully saturated rings. The Bertz CT molecular complexity index is 843. The van der Waals surface area contributed by atoms with Crippen molar-refractivity contribution in [2.45, 2.75) is 19.4 Å². The molecular formula is C19H19Cl2N3O3. The maximum Gasteiger partial charge on any atom is 0.319 e. The standard InChI is InChI=1S/C19H19Cl2N3O3/c1-2-27-15-6-4-14(5-7-15)24-11-13(10-18(24)25)23-19(26)22-12-3-8-16(20)17(21)9-12/h3-9,13H,2,10-11H2,1H3,(H2,22,23,26)/t13-/m0/s1. The molecule has 27 heavy (non-hydrogen) atoms. The van der Waals surface area contributed by atoms with Crippen molar-refractivity contribution in [1.29, 1.82) is 0 Å². The highest BCUT2D eigenvalue weighted by molar-refractivity contribution is 6.42. The minimum absolute atomic E-state index is 0.0426. The van der Waals surface area contributed by atoms with Gasteiger partial charge in [-0.1, -0.05) is 23.2 Å². The van der Waals surface area contributed by atoms with E-state index in [4.69, 9.17) is 27.9 Å². The first-order valence-corrected chi connectivity index (χ1v) is 9.27. The summed E-state index contributed by atoms with van der Waals surface area (Å²) in [6.45, 7) is 2.90. The largest absolute Gasteiger partial charge is 0.494 e. The van der Waals surface area contributed by atoms with Crippen molar-refractivity contribution >= 4 is 46.5 Å². The number of ether oxygens (including phenoxy) is 1. The second kappa shape index (κ2) is 8.50. The fraction of sp³-hybridized carbons (Fsp3) is 0.263. The van der Waals surface area contributed by atoms with E-state index >= 15 is 0 Å². The van der Waals surface area contributed by atoms with Gasteiger partial charge in [0.1, 0.15) is 5.75 Å². The van der Waals surface area contributed by atoms with E-state index in [1.54, 1.807) is 23.1 Å². The monoisotopic (exact) mass is 407 g/mol. The molecule has 0 bridgehead atoms. The molecule has 0 radical (unpaired) electrons. The zero-order valence-electron chi connectivity index (χ0n) is 14.7. The van der Waals surface area contributed by atoms with E-state index in [-0.39, 0.29) is 18.4 Å². The lowest BCUT2D eigenvalue weighted by Crippen LogP contribution is -2.39. The number of nitrogens with zero attached hydrogens (tertiary/aromatic N) is 1. The van der Waals surface area contributed by atoms with Crippen molar-refractivity contribution in [2.24, 2.45) is 0 Å². The van der Waals surface area contributed by atoms with Crippen molar-refractivity contribution in [3.63, 3.8) is 0 Å². The van der Waals surface area contributed by atoms with Gasteiger partial charge in [0, 0.05) is 24.3 Å². The topological polar surface area (TPSA) is 70.7 Å². The summed E-state index contributed by atoms with van der Waals surface area (Å²) in [5, 5.41) is 6.26. The van der Waals surface area contributed by atoms with Crippen LogP contribution in [0.5, 0.6) is 5.75 Å². The third kappa shape index (κ3) is 4.84. The summed E-state index contributed by atoms with van der Waals surface area (Å²) < 4.78 is 5.41. The van der Waals surface area contributed by atoms with E-state index in [2.05, 4.69) is 10.6 Å². The van der Waals surface area contributed by atoms with Gasteiger partial charge in [-0.05, 0) is 49.4 Å². The van der Waals surface area contributed by atoms with Crippen LogP contribution in [0.1, 0.15) is 13.3 Å². The maximum absolute atomic E-state index is 12.3. The van der Waals surface area contributed by atoms with Gasteiger partial charge in [0.15, 0.2) is 0 Å². The molecule has 3 amide bonds. The molecule has 2 N–H and O–H groups in total. The van der Waals surface area contributed by atoms with Gasteiger partial charge in [0.2, 0.25) is 5.91 Å². The highest BCUT2D eigenvalue weighted by Gasteiger charge is 2.31. The Labute approximate surface area is 167 Å². The average molecular weight is 408 g/mol. The number of nitrogens with one attached hydrogen (secondary N) is 2. The predicted molar refractivity (Wildman–Crippen MR) is 107 cm³/mol. The van der Waals surface area contributed by atoms with E-state index in [1.807, 2.05) is 31.2 Å². The van der Waals surface area contributed by atoms with Crippen LogP contribution in [-0.2, 0) is 4.79 Å². The highest BCUT2D eigenvalue weighted by Crippen LogP contribution is 2.26. The van der Waals surface area contributed by atoms with E-state index in [0.29, 0.717) is 28.9 Å². The summed E-state index contributed by atoms with van der Waals surface area (Å²) in [4.78, 5) is 26.1. The zero-order chi connectivity index (χ0) is 19.4. The molecule has 6 nitrogen and oxygen atoms in total. The van der Waals surface area contributed by atoms with E-state index < -0.39 is 6.03 Å². The molecule has 1 heterocycles. The second-order valence-corrected chi connectivity index (χ2v) is 6.87. The zero-order valence-corrected chi connectivity index (χ0v) is 16.2. The molecule has 3 rings (SSSR count). The molecule has 142 valence electrons. The second-order valence-electron chi connectivity index (χ2n) is 6.06. The first-order valence-electron chi connectivity index (χ1n) is 8.52. The number of urea groups is 1. The Morgan fingerprint density at radius 1 is 1.19 bits per heavy atom. The Hall–Kier alpha value is -2.44. The molecular weight excluding hydrogens is 389 g/mol. The Morgan fingerprint density at radius 2 is 1.93 bits per heavy atom. The van der Waals surface area contributed by atoms with Gasteiger partial charge >= 0.3 is 6.03 Å². The number of halogens is 2. The molecule has 2 aromatic rings. The van der Waals surface area contributed by atoms with Crippen LogP contribution in [0.25, 0.3) is 0 Å². The number of hydrogen-bond donors (Lipinski definition) is 2. The summed E-state index contributed by atoms with van der Waals surface area (Å²) in [6.07, 6.45) is 0.238. The van der Waals surface area contributed by atoms with Gasteiger partial charge in [-0.2, -0.15) is 0 Å².